The fraction of sp³-hybridized carbons (Fsp3) is 0.533. The standard InChI is InChI=1S/C15H19NO3/c1-2-19-14(17)11-3-4-12-10-15(16-13(12)9-11)5-7-18-8-6-15/h3-4,9,16H,2,5-8,10H2,1H3. The Labute approximate surface area is 113 Å². The molecule has 0 saturated carbocycles. The van der Waals surface area contributed by atoms with Crippen molar-refractivity contribution in [3.63, 3.8) is 0 Å². The van der Waals surface area contributed by atoms with E-state index in [0.29, 0.717) is 12.2 Å². The molecular formula is C15H19NO3. The highest BCUT2D eigenvalue weighted by atomic mass is 16.5. The topological polar surface area (TPSA) is 47.6 Å². The molecule has 102 valence electrons. The van der Waals surface area contributed by atoms with E-state index in [1.54, 1.807) is 0 Å². The van der Waals surface area contributed by atoms with Gasteiger partial charge in [-0.1, -0.05) is 6.07 Å². The number of carbonyl (C=O) groups is 1. The summed E-state index contributed by atoms with van der Waals surface area (Å²) in [7, 11) is 0. The fourth-order valence-electron chi connectivity index (χ4n) is 2.95. The molecular weight excluding hydrogens is 242 g/mol. The molecule has 0 aliphatic carbocycles. The molecule has 1 fully saturated rings. The molecule has 1 N–H and O–H groups in total. The van der Waals surface area contributed by atoms with Crippen molar-refractivity contribution >= 4 is 11.7 Å². The zero-order chi connectivity index (χ0) is 13.3. The van der Waals surface area contributed by atoms with Gasteiger partial charge in [-0.05, 0) is 43.9 Å². The predicted octanol–water partition coefficient (Wildman–Crippen LogP) is 2.38. The van der Waals surface area contributed by atoms with Crippen molar-refractivity contribution in [3.05, 3.63) is 29.3 Å². The highest BCUT2D eigenvalue weighted by Gasteiger charge is 2.38. The maximum absolute atomic E-state index is 11.7. The number of nitrogens with one attached hydrogen (secondary N) is 1. The van der Waals surface area contributed by atoms with Gasteiger partial charge in [0.15, 0.2) is 0 Å². The zero-order valence-corrected chi connectivity index (χ0v) is 11.2. The Hall–Kier alpha value is -1.55. The van der Waals surface area contributed by atoms with E-state index in [1.807, 2.05) is 25.1 Å². The zero-order valence-electron chi connectivity index (χ0n) is 11.2. The molecule has 1 spiro atoms. The number of fused-ring (bicyclic) bond motifs is 1. The van der Waals surface area contributed by atoms with Crippen LogP contribution in [0, 0.1) is 0 Å². The molecule has 0 radical (unpaired) electrons. The van der Waals surface area contributed by atoms with Crippen LogP contribution in [0.2, 0.25) is 0 Å². The van der Waals surface area contributed by atoms with Gasteiger partial charge >= 0.3 is 5.97 Å². The summed E-state index contributed by atoms with van der Waals surface area (Å²) in [6, 6.07) is 5.81. The van der Waals surface area contributed by atoms with Crippen molar-refractivity contribution in [2.24, 2.45) is 0 Å². The Bertz CT molecular complexity index is 492. The first kappa shape index (κ1) is 12.5. The van der Waals surface area contributed by atoms with Crippen molar-refractivity contribution in [1.82, 2.24) is 0 Å². The second-order valence-electron chi connectivity index (χ2n) is 5.29. The minimum Gasteiger partial charge on any atom is -0.462 e. The molecule has 1 aromatic carbocycles. The van der Waals surface area contributed by atoms with E-state index in [2.05, 4.69) is 5.32 Å². The largest absolute Gasteiger partial charge is 0.462 e. The van der Waals surface area contributed by atoms with E-state index in [-0.39, 0.29) is 11.5 Å². The number of rotatable bonds is 2. The molecule has 4 nitrogen and oxygen atoms in total. The lowest BCUT2D eigenvalue weighted by Crippen LogP contribution is -2.41. The Morgan fingerprint density at radius 2 is 2.21 bits per heavy atom. The van der Waals surface area contributed by atoms with Crippen molar-refractivity contribution in [1.29, 1.82) is 0 Å². The van der Waals surface area contributed by atoms with Gasteiger partial charge in [0, 0.05) is 24.4 Å². The van der Waals surface area contributed by atoms with Crippen LogP contribution in [0.25, 0.3) is 0 Å². The van der Waals surface area contributed by atoms with Crippen LogP contribution in [-0.4, -0.2) is 31.3 Å². The second-order valence-corrected chi connectivity index (χ2v) is 5.29. The molecule has 0 aromatic heterocycles. The van der Waals surface area contributed by atoms with E-state index in [9.17, 15) is 4.79 Å². The Morgan fingerprint density at radius 1 is 1.42 bits per heavy atom. The Morgan fingerprint density at radius 3 is 2.95 bits per heavy atom. The van der Waals surface area contributed by atoms with E-state index in [0.717, 1.165) is 38.2 Å². The van der Waals surface area contributed by atoms with Gasteiger partial charge in [0.1, 0.15) is 0 Å². The number of esters is 1. The lowest BCUT2D eigenvalue weighted by molar-refractivity contribution is 0.0526. The monoisotopic (exact) mass is 261 g/mol. The third-order valence-electron chi connectivity index (χ3n) is 4.00. The highest BCUT2D eigenvalue weighted by Crippen LogP contribution is 2.38. The van der Waals surface area contributed by atoms with Gasteiger partial charge in [-0.25, -0.2) is 4.79 Å². The number of hydrogen-bond donors (Lipinski definition) is 1. The van der Waals surface area contributed by atoms with Gasteiger partial charge in [-0.15, -0.1) is 0 Å². The van der Waals surface area contributed by atoms with E-state index < -0.39 is 0 Å². The fourth-order valence-corrected chi connectivity index (χ4v) is 2.95. The van der Waals surface area contributed by atoms with Gasteiger partial charge in [0.05, 0.1) is 12.2 Å². The predicted molar refractivity (Wildman–Crippen MR) is 72.5 cm³/mol. The molecule has 0 amide bonds. The Balaban J connectivity index is 1.81. The van der Waals surface area contributed by atoms with E-state index >= 15 is 0 Å². The van der Waals surface area contributed by atoms with Gasteiger partial charge < -0.3 is 14.8 Å². The summed E-state index contributed by atoms with van der Waals surface area (Å²) >= 11 is 0. The first-order valence-corrected chi connectivity index (χ1v) is 6.88. The van der Waals surface area contributed by atoms with Crippen LogP contribution in [0.5, 0.6) is 0 Å². The van der Waals surface area contributed by atoms with Crippen LogP contribution >= 0.6 is 0 Å². The average molecular weight is 261 g/mol. The minimum atomic E-state index is -0.250. The van der Waals surface area contributed by atoms with Gasteiger partial charge in [-0.2, -0.15) is 0 Å². The summed E-state index contributed by atoms with van der Waals surface area (Å²) in [5, 5.41) is 3.60. The minimum absolute atomic E-state index is 0.133. The SMILES string of the molecule is CCOC(=O)c1ccc2c(c1)NC1(CCOCC1)C2. The average Bonchev–Trinajstić information content (AvgIpc) is 2.76. The first-order chi connectivity index (χ1) is 9.22. The van der Waals surface area contributed by atoms with Gasteiger partial charge in [-0.3, -0.25) is 0 Å². The molecule has 2 aliphatic heterocycles. The Kier molecular flexibility index (Phi) is 3.19. The van der Waals surface area contributed by atoms with E-state index in [4.69, 9.17) is 9.47 Å². The maximum Gasteiger partial charge on any atom is 0.338 e. The summed E-state index contributed by atoms with van der Waals surface area (Å²) in [5.74, 6) is -0.250. The molecule has 1 saturated heterocycles. The summed E-state index contributed by atoms with van der Waals surface area (Å²) < 4.78 is 10.5. The summed E-state index contributed by atoms with van der Waals surface area (Å²) in [5.41, 5.74) is 3.12. The van der Waals surface area contributed by atoms with Crippen LogP contribution in [0.3, 0.4) is 0 Å². The molecule has 2 aliphatic rings. The lowest BCUT2D eigenvalue weighted by atomic mass is 9.87. The van der Waals surface area contributed by atoms with Crippen LogP contribution in [0.1, 0.15) is 35.7 Å². The molecule has 0 bridgehead atoms. The van der Waals surface area contributed by atoms with E-state index in [1.165, 1.54) is 5.56 Å². The van der Waals surface area contributed by atoms with Crippen molar-refractivity contribution in [2.45, 2.75) is 31.7 Å². The molecule has 0 unspecified atom stereocenters. The van der Waals surface area contributed by atoms with Crippen molar-refractivity contribution < 1.29 is 14.3 Å². The smallest absolute Gasteiger partial charge is 0.338 e. The lowest BCUT2D eigenvalue weighted by Gasteiger charge is -2.34. The van der Waals surface area contributed by atoms with Crippen LogP contribution < -0.4 is 5.32 Å². The van der Waals surface area contributed by atoms with Crippen molar-refractivity contribution in [3.8, 4) is 0 Å². The maximum atomic E-state index is 11.7. The first-order valence-electron chi connectivity index (χ1n) is 6.88. The van der Waals surface area contributed by atoms with Gasteiger partial charge in [0.25, 0.3) is 0 Å². The summed E-state index contributed by atoms with van der Waals surface area (Å²) in [6.45, 7) is 3.85. The van der Waals surface area contributed by atoms with Crippen LogP contribution in [0.4, 0.5) is 5.69 Å². The third kappa shape index (κ3) is 2.32. The highest BCUT2D eigenvalue weighted by molar-refractivity contribution is 5.91. The molecule has 1 aromatic rings. The summed E-state index contributed by atoms with van der Waals surface area (Å²) in [4.78, 5) is 11.7. The third-order valence-corrected chi connectivity index (χ3v) is 4.00. The number of hydrogen-bond acceptors (Lipinski definition) is 4. The van der Waals surface area contributed by atoms with Crippen LogP contribution in [0.15, 0.2) is 18.2 Å². The number of carbonyl (C=O) groups excluding carboxylic acids is 1. The number of ether oxygens (including phenoxy) is 2. The molecule has 4 heteroatoms. The second kappa shape index (κ2) is 4.85. The number of benzene rings is 1. The molecule has 2 heterocycles. The van der Waals surface area contributed by atoms with Gasteiger partial charge in [0.2, 0.25) is 0 Å². The van der Waals surface area contributed by atoms with Crippen LogP contribution in [-0.2, 0) is 15.9 Å². The number of anilines is 1. The normalized spacial score (nSPS) is 19.8. The molecule has 0 atom stereocenters. The molecule has 3 rings (SSSR count). The van der Waals surface area contributed by atoms with Crippen molar-refractivity contribution in [2.75, 3.05) is 25.1 Å². The quantitative estimate of drug-likeness (QED) is 0.830. The summed E-state index contributed by atoms with van der Waals surface area (Å²) in [6.07, 6.45) is 3.07. The molecule has 19 heavy (non-hydrogen) atoms.